The SMILES string of the molecule is O=C(O)CC(NC(=O)C1N(C(=O)Cc2cccs2)CCN1C(=O)c1ccc(Cl)c(Cl)c1)c1ccc(F)cc1. The average Bonchev–Trinajstić information content (AvgIpc) is 3.55. The summed E-state index contributed by atoms with van der Waals surface area (Å²) in [6.07, 6.45) is -1.80. The van der Waals surface area contributed by atoms with Gasteiger partial charge in [-0.3, -0.25) is 19.2 Å². The summed E-state index contributed by atoms with van der Waals surface area (Å²) < 4.78 is 13.5. The molecule has 0 radical (unpaired) electrons. The van der Waals surface area contributed by atoms with Crippen molar-refractivity contribution in [3.63, 3.8) is 0 Å². The van der Waals surface area contributed by atoms with Gasteiger partial charge in [0.1, 0.15) is 5.82 Å². The van der Waals surface area contributed by atoms with E-state index in [9.17, 15) is 28.7 Å². The summed E-state index contributed by atoms with van der Waals surface area (Å²) in [4.78, 5) is 55.2. The highest BCUT2D eigenvalue weighted by atomic mass is 35.5. The molecule has 8 nitrogen and oxygen atoms in total. The zero-order valence-corrected chi connectivity index (χ0v) is 22.1. The number of nitrogens with zero attached hydrogens (tertiary/aromatic N) is 2. The zero-order chi connectivity index (χ0) is 27.4. The number of carbonyl (C=O) groups is 4. The lowest BCUT2D eigenvalue weighted by atomic mass is 10.0. The van der Waals surface area contributed by atoms with Crippen LogP contribution in [-0.2, 0) is 20.8 Å². The van der Waals surface area contributed by atoms with Crippen LogP contribution in [-0.4, -0.2) is 57.9 Å². The maximum absolute atomic E-state index is 13.7. The number of amides is 3. The molecule has 1 saturated heterocycles. The van der Waals surface area contributed by atoms with Crippen LogP contribution < -0.4 is 5.32 Å². The van der Waals surface area contributed by atoms with Gasteiger partial charge in [-0.1, -0.05) is 41.4 Å². The Hall–Kier alpha value is -3.47. The molecule has 1 aliphatic heterocycles. The number of carboxylic acids is 1. The van der Waals surface area contributed by atoms with E-state index in [1.54, 1.807) is 12.1 Å². The fraction of sp³-hybridized carbons (Fsp3) is 0.231. The predicted molar refractivity (Wildman–Crippen MR) is 141 cm³/mol. The number of rotatable bonds is 8. The molecule has 2 atom stereocenters. The molecule has 0 aliphatic carbocycles. The maximum atomic E-state index is 13.7. The van der Waals surface area contributed by atoms with Crippen LogP contribution >= 0.6 is 34.5 Å². The molecule has 12 heteroatoms. The number of hydrogen-bond acceptors (Lipinski definition) is 5. The smallest absolute Gasteiger partial charge is 0.305 e. The Balaban J connectivity index is 1.65. The molecule has 4 rings (SSSR count). The van der Waals surface area contributed by atoms with Crippen molar-refractivity contribution < 1.29 is 28.7 Å². The second-order valence-electron chi connectivity index (χ2n) is 8.55. The summed E-state index contributed by atoms with van der Waals surface area (Å²) in [6, 6.07) is 11.9. The van der Waals surface area contributed by atoms with E-state index in [4.69, 9.17) is 23.2 Å². The summed E-state index contributed by atoms with van der Waals surface area (Å²) in [5.74, 6) is -3.37. The van der Waals surface area contributed by atoms with E-state index < -0.39 is 42.2 Å². The van der Waals surface area contributed by atoms with E-state index in [1.165, 1.54) is 51.5 Å². The Kier molecular flexibility index (Phi) is 8.65. The highest BCUT2D eigenvalue weighted by Gasteiger charge is 2.43. The molecular weight excluding hydrogens is 556 g/mol. The number of carboxylic acid groups (broad SMARTS) is 1. The minimum absolute atomic E-state index is 0.0345. The van der Waals surface area contributed by atoms with Gasteiger partial charge in [0.2, 0.25) is 5.91 Å². The molecule has 0 saturated carbocycles. The van der Waals surface area contributed by atoms with Crippen LogP contribution in [0.4, 0.5) is 4.39 Å². The molecule has 1 aliphatic rings. The monoisotopic (exact) mass is 577 g/mol. The van der Waals surface area contributed by atoms with Crippen LogP contribution in [0.15, 0.2) is 60.0 Å². The molecule has 2 heterocycles. The summed E-state index contributed by atoms with van der Waals surface area (Å²) >= 11 is 13.5. The first-order valence-electron chi connectivity index (χ1n) is 11.5. The third kappa shape index (κ3) is 6.32. The number of aliphatic carboxylic acids is 1. The van der Waals surface area contributed by atoms with Gasteiger partial charge in [-0.15, -0.1) is 11.3 Å². The van der Waals surface area contributed by atoms with Crippen LogP contribution in [0.2, 0.25) is 10.0 Å². The lowest BCUT2D eigenvalue weighted by molar-refractivity contribution is -0.142. The highest BCUT2D eigenvalue weighted by Crippen LogP contribution is 2.27. The quantitative estimate of drug-likeness (QED) is 0.413. The number of hydrogen-bond donors (Lipinski definition) is 2. The Bertz CT molecular complexity index is 1350. The van der Waals surface area contributed by atoms with Crippen molar-refractivity contribution in [1.29, 1.82) is 0 Å². The zero-order valence-electron chi connectivity index (χ0n) is 19.8. The maximum Gasteiger partial charge on any atom is 0.305 e. The van der Waals surface area contributed by atoms with Gasteiger partial charge in [0.05, 0.1) is 28.9 Å². The van der Waals surface area contributed by atoms with E-state index in [0.717, 1.165) is 17.0 Å². The van der Waals surface area contributed by atoms with Crippen LogP contribution in [0.25, 0.3) is 0 Å². The van der Waals surface area contributed by atoms with Crippen molar-refractivity contribution in [3.05, 3.63) is 91.8 Å². The first kappa shape index (κ1) is 27.6. The van der Waals surface area contributed by atoms with Gasteiger partial charge < -0.3 is 20.2 Å². The van der Waals surface area contributed by atoms with Crippen LogP contribution in [0.5, 0.6) is 0 Å². The third-order valence-corrected chi connectivity index (χ3v) is 7.64. The summed E-state index contributed by atoms with van der Waals surface area (Å²) in [6.45, 7) is 0.156. The van der Waals surface area contributed by atoms with Gasteiger partial charge in [-0.2, -0.15) is 0 Å². The number of thiophene rings is 1. The van der Waals surface area contributed by atoms with Crippen molar-refractivity contribution in [2.75, 3.05) is 13.1 Å². The Morgan fingerprint density at radius 1 is 1.03 bits per heavy atom. The summed E-state index contributed by atoms with van der Waals surface area (Å²) in [5.41, 5.74) is 0.532. The van der Waals surface area contributed by atoms with Crippen molar-refractivity contribution in [3.8, 4) is 0 Å². The second kappa shape index (κ2) is 11.9. The van der Waals surface area contributed by atoms with Crippen molar-refractivity contribution in [1.82, 2.24) is 15.1 Å². The van der Waals surface area contributed by atoms with E-state index in [1.807, 2.05) is 5.38 Å². The molecule has 1 aromatic heterocycles. The lowest BCUT2D eigenvalue weighted by Crippen LogP contribution is -2.54. The minimum atomic E-state index is -1.35. The summed E-state index contributed by atoms with van der Waals surface area (Å²) in [7, 11) is 0. The first-order valence-corrected chi connectivity index (χ1v) is 13.1. The number of halogens is 3. The number of benzene rings is 2. The molecule has 2 unspecified atom stereocenters. The standard InChI is InChI=1S/C26H22Cl2FN3O5S/c27-19-8-5-16(12-20(19)28)26(37)32-10-9-31(22(33)13-18-2-1-11-38-18)25(32)24(36)30-21(14-23(34)35)15-3-6-17(29)7-4-15/h1-8,11-12,21,25H,9-10,13-14H2,(H,30,36)(H,34,35). The van der Waals surface area contributed by atoms with Crippen molar-refractivity contribution in [2.24, 2.45) is 0 Å². The third-order valence-electron chi connectivity index (χ3n) is 6.03. The summed E-state index contributed by atoms with van der Waals surface area (Å²) in [5, 5.41) is 14.3. The van der Waals surface area contributed by atoms with E-state index in [0.29, 0.717) is 5.56 Å². The molecule has 198 valence electrons. The van der Waals surface area contributed by atoms with Crippen LogP contribution in [0.3, 0.4) is 0 Å². The molecular formula is C26H22Cl2FN3O5S. The van der Waals surface area contributed by atoms with Gasteiger partial charge in [-0.25, -0.2) is 4.39 Å². The Morgan fingerprint density at radius 3 is 2.37 bits per heavy atom. The molecule has 38 heavy (non-hydrogen) atoms. The van der Waals surface area contributed by atoms with Crippen molar-refractivity contribution in [2.45, 2.75) is 25.0 Å². The van der Waals surface area contributed by atoms with Gasteiger partial charge in [0.25, 0.3) is 11.8 Å². The molecule has 3 amide bonds. The van der Waals surface area contributed by atoms with Gasteiger partial charge in [-0.05, 0) is 47.3 Å². The fourth-order valence-electron chi connectivity index (χ4n) is 4.21. The number of nitrogens with one attached hydrogen (secondary N) is 1. The average molecular weight is 578 g/mol. The molecule has 2 aromatic carbocycles. The molecule has 0 spiro atoms. The first-order chi connectivity index (χ1) is 18.1. The lowest BCUT2D eigenvalue weighted by Gasteiger charge is -2.31. The molecule has 2 N–H and O–H groups in total. The van der Waals surface area contributed by atoms with Crippen LogP contribution in [0.1, 0.15) is 33.3 Å². The van der Waals surface area contributed by atoms with Gasteiger partial charge in [0.15, 0.2) is 6.17 Å². The highest BCUT2D eigenvalue weighted by molar-refractivity contribution is 7.10. The number of carbonyl (C=O) groups excluding carboxylic acids is 3. The molecule has 0 bridgehead atoms. The van der Waals surface area contributed by atoms with Crippen molar-refractivity contribution >= 4 is 58.2 Å². The molecule has 3 aromatic rings. The fourth-order valence-corrected chi connectivity index (χ4v) is 5.21. The van der Waals surface area contributed by atoms with E-state index >= 15 is 0 Å². The minimum Gasteiger partial charge on any atom is -0.481 e. The predicted octanol–water partition coefficient (Wildman–Crippen LogP) is 4.38. The van der Waals surface area contributed by atoms with Crippen LogP contribution in [0, 0.1) is 5.82 Å². The Morgan fingerprint density at radius 2 is 1.74 bits per heavy atom. The normalized spacial score (nSPS) is 15.8. The second-order valence-corrected chi connectivity index (χ2v) is 10.4. The molecule has 1 fully saturated rings. The Labute approximate surface area is 231 Å². The van der Waals surface area contributed by atoms with E-state index in [2.05, 4.69) is 5.32 Å². The van der Waals surface area contributed by atoms with Gasteiger partial charge >= 0.3 is 5.97 Å². The largest absolute Gasteiger partial charge is 0.481 e. The van der Waals surface area contributed by atoms with E-state index in [-0.39, 0.29) is 41.0 Å². The topological polar surface area (TPSA) is 107 Å². The van der Waals surface area contributed by atoms with Gasteiger partial charge in [0, 0.05) is 23.5 Å².